The third-order valence-electron chi connectivity index (χ3n) is 4.38. The maximum Gasteiger partial charge on any atom is 0.228 e. The second-order valence-corrected chi connectivity index (χ2v) is 7.70. The first-order chi connectivity index (χ1) is 12.7. The standard InChI is InChI=1S/C21H23Cl2NO3/c1-21(2,16-10-17(22)12-18(23)11-16)24(13-19(25)14-27-3)20(26)9-15-7-5-4-6-8-15/h4-8,10-12H,9,13-14H2,1-3H3. The molecule has 2 aromatic carbocycles. The van der Waals surface area contributed by atoms with Crippen molar-refractivity contribution in [2.24, 2.45) is 0 Å². The smallest absolute Gasteiger partial charge is 0.228 e. The van der Waals surface area contributed by atoms with E-state index in [1.807, 2.05) is 44.2 Å². The molecule has 0 atom stereocenters. The van der Waals surface area contributed by atoms with Gasteiger partial charge < -0.3 is 9.64 Å². The summed E-state index contributed by atoms with van der Waals surface area (Å²) < 4.78 is 4.93. The van der Waals surface area contributed by atoms with Crippen molar-refractivity contribution in [1.29, 1.82) is 0 Å². The first kappa shape index (κ1) is 21.4. The quantitative estimate of drug-likeness (QED) is 0.646. The number of halogens is 2. The lowest BCUT2D eigenvalue weighted by molar-refractivity contribution is -0.141. The van der Waals surface area contributed by atoms with E-state index in [9.17, 15) is 9.59 Å². The van der Waals surface area contributed by atoms with Crippen LogP contribution in [0.1, 0.15) is 25.0 Å². The zero-order valence-corrected chi connectivity index (χ0v) is 17.2. The number of ether oxygens (including phenoxy) is 1. The van der Waals surface area contributed by atoms with Gasteiger partial charge in [0.2, 0.25) is 5.91 Å². The van der Waals surface area contributed by atoms with Crippen LogP contribution in [-0.4, -0.2) is 36.9 Å². The first-order valence-corrected chi connectivity index (χ1v) is 9.31. The van der Waals surface area contributed by atoms with Crippen molar-refractivity contribution in [1.82, 2.24) is 4.90 Å². The van der Waals surface area contributed by atoms with E-state index in [2.05, 4.69) is 0 Å². The minimum Gasteiger partial charge on any atom is -0.377 e. The molecule has 1 amide bonds. The predicted octanol–water partition coefficient (Wildman–Crippen LogP) is 4.52. The van der Waals surface area contributed by atoms with Crippen molar-refractivity contribution in [3.05, 3.63) is 69.7 Å². The van der Waals surface area contributed by atoms with Crippen LogP contribution >= 0.6 is 23.2 Å². The summed E-state index contributed by atoms with van der Waals surface area (Å²) in [4.78, 5) is 26.9. The monoisotopic (exact) mass is 407 g/mol. The van der Waals surface area contributed by atoms with E-state index in [1.54, 1.807) is 23.1 Å². The van der Waals surface area contributed by atoms with Crippen LogP contribution in [0.4, 0.5) is 0 Å². The van der Waals surface area contributed by atoms with E-state index in [4.69, 9.17) is 27.9 Å². The number of rotatable bonds is 8. The molecule has 0 aliphatic carbocycles. The van der Waals surface area contributed by atoms with Gasteiger partial charge in [-0.2, -0.15) is 0 Å². The lowest BCUT2D eigenvalue weighted by atomic mass is 9.91. The van der Waals surface area contributed by atoms with E-state index >= 15 is 0 Å². The summed E-state index contributed by atoms with van der Waals surface area (Å²) in [6, 6.07) is 14.6. The molecule has 0 saturated carbocycles. The highest BCUT2D eigenvalue weighted by molar-refractivity contribution is 6.34. The molecular formula is C21H23Cl2NO3. The lowest BCUT2D eigenvalue weighted by Gasteiger charge is -2.39. The molecule has 2 rings (SSSR count). The van der Waals surface area contributed by atoms with E-state index in [-0.39, 0.29) is 31.3 Å². The molecule has 0 N–H and O–H groups in total. The number of nitrogens with zero attached hydrogens (tertiary/aromatic N) is 1. The van der Waals surface area contributed by atoms with Gasteiger partial charge in [-0.25, -0.2) is 0 Å². The molecule has 0 spiro atoms. The van der Waals surface area contributed by atoms with Gasteiger partial charge in [0, 0.05) is 17.2 Å². The average molecular weight is 408 g/mol. The molecule has 6 heteroatoms. The summed E-state index contributed by atoms with van der Waals surface area (Å²) in [7, 11) is 1.45. The largest absolute Gasteiger partial charge is 0.377 e. The lowest BCUT2D eigenvalue weighted by Crippen LogP contribution is -2.49. The highest BCUT2D eigenvalue weighted by Crippen LogP contribution is 2.32. The Kier molecular flexibility index (Phi) is 7.42. The van der Waals surface area contributed by atoms with Crippen molar-refractivity contribution in [2.45, 2.75) is 25.8 Å². The third-order valence-corrected chi connectivity index (χ3v) is 4.82. The molecule has 0 radical (unpaired) electrons. The Morgan fingerprint density at radius 2 is 1.63 bits per heavy atom. The summed E-state index contributed by atoms with van der Waals surface area (Å²) >= 11 is 12.3. The van der Waals surface area contributed by atoms with Gasteiger partial charge in [-0.05, 0) is 43.2 Å². The van der Waals surface area contributed by atoms with Gasteiger partial charge in [-0.15, -0.1) is 0 Å². The molecule has 0 aliphatic heterocycles. The maximum atomic E-state index is 13.1. The molecule has 4 nitrogen and oxygen atoms in total. The predicted molar refractivity (Wildman–Crippen MR) is 108 cm³/mol. The van der Waals surface area contributed by atoms with Crippen molar-refractivity contribution >= 4 is 34.9 Å². The number of methoxy groups -OCH3 is 1. The van der Waals surface area contributed by atoms with E-state index in [0.29, 0.717) is 10.0 Å². The topological polar surface area (TPSA) is 46.6 Å². The maximum absolute atomic E-state index is 13.1. The summed E-state index contributed by atoms with van der Waals surface area (Å²) in [5, 5.41) is 0.952. The van der Waals surface area contributed by atoms with Gasteiger partial charge in [0.25, 0.3) is 0 Å². The Labute approximate surface area is 170 Å². The van der Waals surface area contributed by atoms with Gasteiger partial charge in [0.1, 0.15) is 6.61 Å². The van der Waals surface area contributed by atoms with Gasteiger partial charge in [-0.1, -0.05) is 53.5 Å². The van der Waals surface area contributed by atoms with Crippen LogP contribution < -0.4 is 0 Å². The van der Waals surface area contributed by atoms with Gasteiger partial charge in [-0.3, -0.25) is 9.59 Å². The van der Waals surface area contributed by atoms with Crippen molar-refractivity contribution in [3.63, 3.8) is 0 Å². The van der Waals surface area contributed by atoms with Crippen molar-refractivity contribution in [3.8, 4) is 0 Å². The van der Waals surface area contributed by atoms with Crippen LogP contribution in [0.25, 0.3) is 0 Å². The van der Waals surface area contributed by atoms with E-state index in [1.165, 1.54) is 7.11 Å². The molecule has 0 saturated heterocycles. The van der Waals surface area contributed by atoms with E-state index < -0.39 is 5.54 Å². The Morgan fingerprint density at radius 1 is 1.04 bits per heavy atom. The van der Waals surface area contributed by atoms with Crippen molar-refractivity contribution in [2.75, 3.05) is 20.3 Å². The average Bonchev–Trinajstić information content (AvgIpc) is 2.59. The summed E-state index contributed by atoms with van der Waals surface area (Å²) in [6.45, 7) is 3.63. The Balaban J connectivity index is 2.37. The fourth-order valence-electron chi connectivity index (χ4n) is 2.91. The van der Waals surface area contributed by atoms with Crippen LogP contribution in [0.5, 0.6) is 0 Å². The number of benzene rings is 2. The molecule has 0 aromatic heterocycles. The molecular weight excluding hydrogens is 385 g/mol. The first-order valence-electron chi connectivity index (χ1n) is 8.55. The summed E-state index contributed by atoms with van der Waals surface area (Å²) in [5.41, 5.74) is 0.849. The van der Waals surface area contributed by atoms with Crippen LogP contribution in [0, 0.1) is 0 Å². The molecule has 27 heavy (non-hydrogen) atoms. The summed E-state index contributed by atoms with van der Waals surface area (Å²) in [6.07, 6.45) is 0.193. The normalized spacial score (nSPS) is 11.3. The molecule has 144 valence electrons. The SMILES string of the molecule is COCC(=O)CN(C(=O)Cc1ccccc1)C(C)(C)c1cc(Cl)cc(Cl)c1. The third kappa shape index (κ3) is 5.80. The molecule has 0 heterocycles. The molecule has 0 aliphatic rings. The number of Topliss-reactive ketones (excluding diaryl/α,β-unsaturated/α-hetero) is 1. The van der Waals surface area contributed by atoms with Crippen molar-refractivity contribution < 1.29 is 14.3 Å². The molecule has 0 fully saturated rings. The van der Waals surface area contributed by atoms with E-state index in [0.717, 1.165) is 11.1 Å². The van der Waals surface area contributed by atoms with Gasteiger partial charge >= 0.3 is 0 Å². The minimum atomic E-state index is -0.788. The molecule has 0 unspecified atom stereocenters. The van der Waals surface area contributed by atoms with Crippen LogP contribution in [-0.2, 0) is 26.3 Å². The Bertz CT molecular complexity index is 786. The molecule has 0 bridgehead atoms. The number of hydrogen-bond acceptors (Lipinski definition) is 3. The highest BCUT2D eigenvalue weighted by Gasteiger charge is 2.34. The van der Waals surface area contributed by atoms with Crippen LogP contribution in [0.3, 0.4) is 0 Å². The fraction of sp³-hybridized carbons (Fsp3) is 0.333. The molecule has 2 aromatic rings. The van der Waals surface area contributed by atoms with Crippen LogP contribution in [0.2, 0.25) is 10.0 Å². The summed E-state index contributed by atoms with van der Waals surface area (Å²) in [5.74, 6) is -0.341. The Morgan fingerprint density at radius 3 is 2.19 bits per heavy atom. The number of ketones is 1. The van der Waals surface area contributed by atoms with Gasteiger partial charge in [0.05, 0.1) is 18.5 Å². The zero-order valence-electron chi connectivity index (χ0n) is 15.7. The number of carbonyl (C=O) groups is 2. The number of amides is 1. The fourth-order valence-corrected chi connectivity index (χ4v) is 3.44. The Hall–Kier alpha value is -1.88. The van der Waals surface area contributed by atoms with Gasteiger partial charge in [0.15, 0.2) is 5.78 Å². The van der Waals surface area contributed by atoms with Crippen LogP contribution in [0.15, 0.2) is 48.5 Å². The number of carbonyl (C=O) groups excluding carboxylic acids is 2. The highest BCUT2D eigenvalue weighted by atomic mass is 35.5. The minimum absolute atomic E-state index is 0.0541. The zero-order chi connectivity index (χ0) is 20.0. The second kappa shape index (κ2) is 9.36. The number of hydrogen-bond donors (Lipinski definition) is 0. The second-order valence-electron chi connectivity index (χ2n) is 6.83.